The zero-order valence-corrected chi connectivity index (χ0v) is 16.5. The summed E-state index contributed by atoms with van der Waals surface area (Å²) in [5.74, 6) is 0.262. The molecule has 7 nitrogen and oxygen atoms in total. The van der Waals surface area contributed by atoms with Crippen LogP contribution < -0.4 is 15.7 Å². The van der Waals surface area contributed by atoms with Crippen LogP contribution >= 0.6 is 0 Å². The maximum absolute atomic E-state index is 12.3. The second-order valence-electron chi connectivity index (χ2n) is 7.27. The lowest BCUT2D eigenvalue weighted by Crippen LogP contribution is -2.21. The standard InChI is InChI=1S/C21H23N3O4/c1-11-17(27-10-18(25)22-19-12(2)23-24(4)13(19)3)9-8-15-14-6-5-7-16(14)21(26)28-20(11)15/h8-9H,5-7,10H2,1-4H3,(H,22,25). The number of nitrogens with one attached hydrogen (secondary N) is 1. The summed E-state index contributed by atoms with van der Waals surface area (Å²) in [6.45, 7) is 5.44. The summed E-state index contributed by atoms with van der Waals surface area (Å²) < 4.78 is 13.0. The molecule has 0 aliphatic heterocycles. The van der Waals surface area contributed by atoms with Gasteiger partial charge in [0.05, 0.1) is 17.1 Å². The van der Waals surface area contributed by atoms with Gasteiger partial charge in [0.25, 0.3) is 5.91 Å². The monoisotopic (exact) mass is 381 g/mol. The van der Waals surface area contributed by atoms with Crippen molar-refractivity contribution in [2.75, 3.05) is 11.9 Å². The van der Waals surface area contributed by atoms with Crippen LogP contribution in [-0.2, 0) is 24.7 Å². The molecule has 0 spiro atoms. The Kier molecular flexibility index (Phi) is 4.45. The highest BCUT2D eigenvalue weighted by atomic mass is 16.5. The molecule has 0 radical (unpaired) electrons. The van der Waals surface area contributed by atoms with E-state index in [0.717, 1.165) is 52.7 Å². The van der Waals surface area contributed by atoms with Crippen LogP contribution in [0.1, 0.15) is 34.5 Å². The summed E-state index contributed by atoms with van der Waals surface area (Å²) in [7, 11) is 1.83. The Bertz CT molecular complexity index is 1160. The van der Waals surface area contributed by atoms with Crippen LogP contribution in [0.2, 0.25) is 0 Å². The minimum Gasteiger partial charge on any atom is -0.483 e. The van der Waals surface area contributed by atoms with Crippen LogP contribution in [0.3, 0.4) is 0 Å². The Morgan fingerprint density at radius 1 is 1.25 bits per heavy atom. The highest BCUT2D eigenvalue weighted by Gasteiger charge is 2.21. The molecule has 1 aromatic carbocycles. The quantitative estimate of drug-likeness (QED) is 0.702. The molecule has 0 saturated heterocycles. The van der Waals surface area contributed by atoms with E-state index in [-0.39, 0.29) is 18.1 Å². The molecule has 7 heteroatoms. The van der Waals surface area contributed by atoms with Crippen LogP contribution in [0, 0.1) is 20.8 Å². The summed E-state index contributed by atoms with van der Waals surface area (Å²) in [4.78, 5) is 24.6. The van der Waals surface area contributed by atoms with Gasteiger partial charge in [0.1, 0.15) is 11.3 Å². The molecule has 4 rings (SSSR count). The number of fused-ring (bicyclic) bond motifs is 3. The fraction of sp³-hybridized carbons (Fsp3) is 0.381. The van der Waals surface area contributed by atoms with Crippen LogP contribution in [0.5, 0.6) is 5.75 Å². The fourth-order valence-electron chi connectivity index (χ4n) is 3.89. The van der Waals surface area contributed by atoms with Gasteiger partial charge in [-0.1, -0.05) is 0 Å². The van der Waals surface area contributed by atoms with Crippen molar-refractivity contribution < 1.29 is 13.9 Å². The Morgan fingerprint density at radius 2 is 2.00 bits per heavy atom. The minimum atomic E-state index is -0.269. The first-order chi connectivity index (χ1) is 13.4. The highest BCUT2D eigenvalue weighted by Crippen LogP contribution is 2.33. The third-order valence-electron chi connectivity index (χ3n) is 5.47. The van der Waals surface area contributed by atoms with E-state index in [9.17, 15) is 9.59 Å². The van der Waals surface area contributed by atoms with Crippen molar-refractivity contribution in [3.05, 3.63) is 50.6 Å². The zero-order chi connectivity index (χ0) is 20.0. The molecule has 0 saturated carbocycles. The Labute approximate surface area is 162 Å². The van der Waals surface area contributed by atoms with E-state index in [1.165, 1.54) is 0 Å². The Morgan fingerprint density at radius 3 is 2.71 bits per heavy atom. The van der Waals surface area contributed by atoms with E-state index in [0.29, 0.717) is 17.0 Å². The number of benzene rings is 1. The number of anilines is 1. The Balaban J connectivity index is 1.55. The SMILES string of the molecule is Cc1nn(C)c(C)c1NC(=O)COc1ccc2c3c(c(=O)oc2c1C)CCC3. The maximum atomic E-state index is 12.3. The molecule has 0 bridgehead atoms. The van der Waals surface area contributed by atoms with Gasteiger partial charge in [0.15, 0.2) is 6.61 Å². The number of carbonyl (C=O) groups is 1. The molecule has 0 atom stereocenters. The van der Waals surface area contributed by atoms with Crippen LogP contribution in [0.4, 0.5) is 5.69 Å². The first kappa shape index (κ1) is 18.3. The molecule has 2 aromatic heterocycles. The van der Waals surface area contributed by atoms with E-state index in [2.05, 4.69) is 10.4 Å². The van der Waals surface area contributed by atoms with Gasteiger partial charge in [-0.2, -0.15) is 5.10 Å². The molecule has 0 unspecified atom stereocenters. The maximum Gasteiger partial charge on any atom is 0.339 e. The van der Waals surface area contributed by atoms with Crippen molar-refractivity contribution in [3.63, 3.8) is 0 Å². The van der Waals surface area contributed by atoms with Crippen molar-refractivity contribution in [1.82, 2.24) is 9.78 Å². The number of aryl methyl sites for hydroxylation is 4. The lowest BCUT2D eigenvalue weighted by molar-refractivity contribution is -0.118. The average molecular weight is 381 g/mol. The number of carbonyl (C=O) groups excluding carboxylic acids is 1. The van der Waals surface area contributed by atoms with Crippen molar-refractivity contribution in [1.29, 1.82) is 0 Å². The van der Waals surface area contributed by atoms with Gasteiger partial charge in [0, 0.05) is 23.6 Å². The third-order valence-corrected chi connectivity index (χ3v) is 5.47. The van der Waals surface area contributed by atoms with Crippen molar-refractivity contribution in [2.45, 2.75) is 40.0 Å². The highest BCUT2D eigenvalue weighted by molar-refractivity contribution is 5.93. The summed E-state index contributed by atoms with van der Waals surface area (Å²) in [6, 6.07) is 3.75. The number of rotatable bonds is 4. The van der Waals surface area contributed by atoms with E-state index in [1.807, 2.05) is 40.0 Å². The number of nitrogens with zero attached hydrogens (tertiary/aromatic N) is 2. The minimum absolute atomic E-state index is 0.144. The average Bonchev–Trinajstić information content (AvgIpc) is 3.24. The molecule has 1 aliphatic carbocycles. The summed E-state index contributed by atoms with van der Waals surface area (Å²) in [6.07, 6.45) is 2.64. The van der Waals surface area contributed by atoms with Gasteiger partial charge in [-0.15, -0.1) is 0 Å². The summed E-state index contributed by atoms with van der Waals surface area (Å²) in [5, 5.41) is 8.10. The molecule has 2 heterocycles. The summed E-state index contributed by atoms with van der Waals surface area (Å²) in [5.41, 5.74) is 5.22. The molecule has 146 valence electrons. The predicted octanol–water partition coefficient (Wildman–Crippen LogP) is 2.96. The molecule has 3 aromatic rings. The first-order valence-corrected chi connectivity index (χ1v) is 9.38. The van der Waals surface area contributed by atoms with Gasteiger partial charge in [-0.05, 0) is 57.7 Å². The molecular formula is C21H23N3O4. The zero-order valence-electron chi connectivity index (χ0n) is 16.5. The molecule has 28 heavy (non-hydrogen) atoms. The van der Waals surface area contributed by atoms with E-state index >= 15 is 0 Å². The normalized spacial score (nSPS) is 13.0. The molecule has 1 amide bonds. The smallest absolute Gasteiger partial charge is 0.339 e. The van der Waals surface area contributed by atoms with Gasteiger partial charge in [-0.25, -0.2) is 4.79 Å². The van der Waals surface area contributed by atoms with Crippen LogP contribution in [0.15, 0.2) is 21.3 Å². The summed E-state index contributed by atoms with van der Waals surface area (Å²) >= 11 is 0. The second-order valence-corrected chi connectivity index (χ2v) is 7.27. The number of amides is 1. The van der Waals surface area contributed by atoms with Gasteiger partial charge >= 0.3 is 5.63 Å². The van der Waals surface area contributed by atoms with Crippen LogP contribution in [0.25, 0.3) is 11.0 Å². The third kappa shape index (κ3) is 2.96. The van der Waals surface area contributed by atoms with E-state index in [1.54, 1.807) is 4.68 Å². The fourth-order valence-corrected chi connectivity index (χ4v) is 3.89. The number of ether oxygens (including phenoxy) is 1. The second kappa shape index (κ2) is 6.82. The molecule has 0 fully saturated rings. The largest absolute Gasteiger partial charge is 0.483 e. The van der Waals surface area contributed by atoms with Crippen molar-refractivity contribution in [2.24, 2.45) is 7.05 Å². The molecule has 1 N–H and O–H groups in total. The number of hydrogen-bond acceptors (Lipinski definition) is 5. The van der Waals surface area contributed by atoms with Gasteiger partial charge in [-0.3, -0.25) is 9.48 Å². The Hall–Kier alpha value is -3.09. The van der Waals surface area contributed by atoms with Crippen molar-refractivity contribution in [3.8, 4) is 5.75 Å². The first-order valence-electron chi connectivity index (χ1n) is 9.38. The van der Waals surface area contributed by atoms with E-state index < -0.39 is 0 Å². The predicted molar refractivity (Wildman–Crippen MR) is 106 cm³/mol. The van der Waals surface area contributed by atoms with Gasteiger partial charge in [0.2, 0.25) is 0 Å². The molecular weight excluding hydrogens is 358 g/mol. The lowest BCUT2D eigenvalue weighted by Gasteiger charge is -2.12. The van der Waals surface area contributed by atoms with Crippen molar-refractivity contribution >= 4 is 22.6 Å². The topological polar surface area (TPSA) is 86.4 Å². The van der Waals surface area contributed by atoms with E-state index in [4.69, 9.17) is 9.15 Å². The van der Waals surface area contributed by atoms with Crippen LogP contribution in [-0.4, -0.2) is 22.3 Å². The van der Waals surface area contributed by atoms with Gasteiger partial charge < -0.3 is 14.5 Å². The molecule has 1 aliphatic rings. The number of hydrogen-bond donors (Lipinski definition) is 1. The number of aromatic nitrogens is 2. The lowest BCUT2D eigenvalue weighted by atomic mass is 10.0.